The van der Waals surface area contributed by atoms with Crippen LogP contribution >= 0.6 is 0 Å². The number of aliphatic hydroxyl groups is 6. The summed E-state index contributed by atoms with van der Waals surface area (Å²) in [6.07, 6.45) is 27.8. The van der Waals surface area contributed by atoms with Crippen molar-refractivity contribution in [3.63, 3.8) is 0 Å². The number of amides is 1. The van der Waals surface area contributed by atoms with Crippen LogP contribution in [0.2, 0.25) is 0 Å². The standard InChI is InChI=1S/C45H85NO9/c1-4-6-8-10-12-13-14-15-16-17-18-19-20-21-22-24-28-33-39(49)44(53)46-37(35-54-45-43(52)42(51)41(50)40(34-47)55-45)38(48)32-29-25-27-31-36(3)30-26-23-11-9-7-5-2/h29,31-32,37-43,45,47-52H,4-28,30,33-35H2,1-3H3,(H,46,53)/b32-29+,36-31+/t37-,38+,39+,40+,41+,42-,43+,45+/m0/s1. The molecule has 1 saturated heterocycles. The van der Waals surface area contributed by atoms with Crippen LogP contribution in [0.15, 0.2) is 23.8 Å². The number of unbranched alkanes of at least 4 members (excludes halogenated alkanes) is 22. The molecular formula is C45H85NO9. The van der Waals surface area contributed by atoms with Gasteiger partial charge < -0.3 is 45.4 Å². The van der Waals surface area contributed by atoms with Crippen molar-refractivity contribution in [2.24, 2.45) is 0 Å². The van der Waals surface area contributed by atoms with Gasteiger partial charge in [0.2, 0.25) is 5.91 Å². The van der Waals surface area contributed by atoms with Crippen molar-refractivity contribution in [1.29, 1.82) is 0 Å². The van der Waals surface area contributed by atoms with Gasteiger partial charge in [-0.1, -0.05) is 179 Å². The average Bonchev–Trinajstić information content (AvgIpc) is 3.18. The number of allylic oxidation sites excluding steroid dienone is 3. The molecule has 0 aliphatic carbocycles. The minimum absolute atomic E-state index is 0.307. The highest BCUT2D eigenvalue weighted by Gasteiger charge is 2.44. The first kappa shape index (κ1) is 51.6. The van der Waals surface area contributed by atoms with Gasteiger partial charge in [0, 0.05) is 0 Å². The van der Waals surface area contributed by atoms with Gasteiger partial charge in [-0.3, -0.25) is 4.79 Å². The van der Waals surface area contributed by atoms with Crippen molar-refractivity contribution in [2.75, 3.05) is 13.2 Å². The van der Waals surface area contributed by atoms with Crippen LogP contribution in [0.1, 0.15) is 194 Å². The quantitative estimate of drug-likeness (QED) is 0.0245. The highest BCUT2D eigenvalue weighted by atomic mass is 16.7. The van der Waals surface area contributed by atoms with Gasteiger partial charge in [-0.05, 0) is 39.0 Å². The van der Waals surface area contributed by atoms with Gasteiger partial charge in [-0.2, -0.15) is 0 Å². The second kappa shape index (κ2) is 34.7. The molecule has 1 heterocycles. The van der Waals surface area contributed by atoms with Crippen molar-refractivity contribution in [3.8, 4) is 0 Å². The summed E-state index contributed by atoms with van der Waals surface area (Å²) in [4.78, 5) is 13.0. The summed E-state index contributed by atoms with van der Waals surface area (Å²) in [6.45, 7) is 5.72. The Balaban J connectivity index is 2.47. The van der Waals surface area contributed by atoms with Crippen molar-refractivity contribution in [2.45, 2.75) is 243 Å². The van der Waals surface area contributed by atoms with Crippen molar-refractivity contribution >= 4 is 5.91 Å². The molecule has 0 spiro atoms. The van der Waals surface area contributed by atoms with E-state index >= 15 is 0 Å². The van der Waals surface area contributed by atoms with Gasteiger partial charge in [0.1, 0.15) is 30.5 Å². The molecule has 7 N–H and O–H groups in total. The lowest BCUT2D eigenvalue weighted by Crippen LogP contribution is -2.60. The van der Waals surface area contributed by atoms with Crippen LogP contribution in [0.25, 0.3) is 0 Å². The smallest absolute Gasteiger partial charge is 0.249 e. The molecule has 1 fully saturated rings. The first-order valence-corrected chi connectivity index (χ1v) is 22.6. The SMILES string of the molecule is CCCCCCCCCCCCCCCCCCC[C@@H](O)C(=O)N[C@@H](CO[C@@H]1O[C@H](CO)[C@@H](O)[C@H](O)[C@H]1O)[C@H](O)/C=C/CC/C=C(\C)CCCCCCCC. The predicted molar refractivity (Wildman–Crippen MR) is 223 cm³/mol. The number of hydrogen-bond acceptors (Lipinski definition) is 9. The van der Waals surface area contributed by atoms with Gasteiger partial charge in [0.25, 0.3) is 0 Å². The van der Waals surface area contributed by atoms with Crippen molar-refractivity contribution in [1.82, 2.24) is 5.32 Å². The molecule has 1 aliphatic heterocycles. The van der Waals surface area contributed by atoms with Crippen molar-refractivity contribution in [3.05, 3.63) is 23.8 Å². The van der Waals surface area contributed by atoms with Crippen LogP contribution < -0.4 is 5.32 Å². The molecule has 1 aliphatic rings. The van der Waals surface area contributed by atoms with E-state index in [0.29, 0.717) is 19.3 Å². The third-order valence-electron chi connectivity index (χ3n) is 11.0. The molecule has 0 bridgehead atoms. The molecule has 0 radical (unpaired) electrons. The summed E-state index contributed by atoms with van der Waals surface area (Å²) in [5, 5.41) is 64.6. The molecule has 0 aromatic rings. The number of ether oxygens (including phenoxy) is 2. The number of hydrogen-bond donors (Lipinski definition) is 7. The van der Waals surface area contributed by atoms with E-state index in [1.54, 1.807) is 6.08 Å². The normalized spacial score (nSPS) is 22.3. The summed E-state index contributed by atoms with van der Waals surface area (Å²) >= 11 is 0. The van der Waals surface area contributed by atoms with Crippen LogP contribution in [0.5, 0.6) is 0 Å². The van der Waals surface area contributed by atoms with Crippen LogP contribution in [0, 0.1) is 0 Å². The average molecular weight is 784 g/mol. The topological polar surface area (TPSA) is 169 Å². The number of rotatable bonds is 36. The first-order valence-electron chi connectivity index (χ1n) is 22.6. The van der Waals surface area contributed by atoms with E-state index in [0.717, 1.165) is 32.1 Å². The Bertz CT molecular complexity index is 961. The third kappa shape index (κ3) is 25.6. The van der Waals surface area contributed by atoms with Gasteiger partial charge in [0.15, 0.2) is 6.29 Å². The molecular weight excluding hydrogens is 698 g/mol. The third-order valence-corrected chi connectivity index (χ3v) is 11.0. The summed E-state index contributed by atoms with van der Waals surface area (Å²) in [6, 6.07) is -0.994. The molecule has 10 nitrogen and oxygen atoms in total. The molecule has 8 atom stereocenters. The Morgan fingerprint density at radius 1 is 0.691 bits per heavy atom. The molecule has 0 saturated carbocycles. The summed E-state index contributed by atoms with van der Waals surface area (Å²) < 4.78 is 11.1. The predicted octanol–water partition coefficient (Wildman–Crippen LogP) is 8.08. The Morgan fingerprint density at radius 3 is 1.69 bits per heavy atom. The zero-order chi connectivity index (χ0) is 40.5. The number of aliphatic hydroxyl groups excluding tert-OH is 6. The molecule has 0 unspecified atom stereocenters. The molecule has 55 heavy (non-hydrogen) atoms. The minimum Gasteiger partial charge on any atom is -0.394 e. The van der Waals surface area contributed by atoms with Crippen LogP contribution in [-0.4, -0.2) is 98.7 Å². The maximum atomic E-state index is 13.0. The summed E-state index contributed by atoms with van der Waals surface area (Å²) in [5.74, 6) is -0.625. The summed E-state index contributed by atoms with van der Waals surface area (Å²) in [5.41, 5.74) is 1.36. The fourth-order valence-electron chi connectivity index (χ4n) is 7.18. The summed E-state index contributed by atoms with van der Waals surface area (Å²) in [7, 11) is 0. The highest BCUT2D eigenvalue weighted by molar-refractivity contribution is 5.80. The maximum absolute atomic E-state index is 13.0. The fraction of sp³-hybridized carbons (Fsp3) is 0.889. The lowest BCUT2D eigenvalue weighted by molar-refractivity contribution is -0.302. The van der Waals surface area contributed by atoms with Crippen LogP contribution in [0.4, 0.5) is 0 Å². The molecule has 0 aromatic carbocycles. The van der Waals surface area contributed by atoms with Gasteiger partial charge >= 0.3 is 0 Å². The zero-order valence-electron chi connectivity index (χ0n) is 35.3. The molecule has 324 valence electrons. The maximum Gasteiger partial charge on any atom is 0.249 e. The van der Waals surface area contributed by atoms with E-state index in [-0.39, 0.29) is 6.61 Å². The lowest BCUT2D eigenvalue weighted by Gasteiger charge is -2.40. The number of carbonyl (C=O) groups excluding carboxylic acids is 1. The van der Waals surface area contributed by atoms with Crippen LogP contribution in [0.3, 0.4) is 0 Å². The van der Waals surface area contributed by atoms with Gasteiger partial charge in [-0.15, -0.1) is 0 Å². The fourth-order valence-corrected chi connectivity index (χ4v) is 7.18. The van der Waals surface area contributed by atoms with E-state index in [9.17, 15) is 35.4 Å². The van der Waals surface area contributed by atoms with E-state index in [2.05, 4.69) is 32.2 Å². The first-order chi connectivity index (χ1) is 26.7. The van der Waals surface area contributed by atoms with E-state index < -0.39 is 61.5 Å². The highest BCUT2D eigenvalue weighted by Crippen LogP contribution is 2.23. The monoisotopic (exact) mass is 784 g/mol. The number of carbonyl (C=O) groups is 1. The minimum atomic E-state index is -1.61. The molecule has 1 amide bonds. The second-order valence-corrected chi connectivity index (χ2v) is 16.2. The van der Waals surface area contributed by atoms with E-state index in [1.165, 1.54) is 128 Å². The zero-order valence-corrected chi connectivity index (χ0v) is 35.3. The molecule has 1 rings (SSSR count). The van der Waals surface area contributed by atoms with E-state index in [4.69, 9.17) is 9.47 Å². The van der Waals surface area contributed by atoms with Crippen LogP contribution in [-0.2, 0) is 14.3 Å². The van der Waals surface area contributed by atoms with Gasteiger partial charge in [-0.25, -0.2) is 0 Å². The Labute approximate surface area is 335 Å². The van der Waals surface area contributed by atoms with E-state index in [1.807, 2.05) is 6.08 Å². The number of nitrogens with one attached hydrogen (secondary N) is 1. The Morgan fingerprint density at radius 2 is 1.18 bits per heavy atom. The second-order valence-electron chi connectivity index (χ2n) is 16.2. The van der Waals surface area contributed by atoms with Gasteiger partial charge in [0.05, 0.1) is 25.4 Å². The Hall–Kier alpha value is -1.37. The Kier molecular flexibility index (Phi) is 32.5. The largest absolute Gasteiger partial charge is 0.394 e. The van der Waals surface area contributed by atoms with Crippen molar-refractivity contribution < 1.29 is 44.9 Å². The molecule has 0 aromatic heterocycles. The lowest BCUT2D eigenvalue weighted by atomic mass is 9.99. The molecule has 10 heteroatoms.